The Kier molecular flexibility index (Phi) is 4.30. The zero-order valence-corrected chi connectivity index (χ0v) is 16.3. The molecule has 28 heavy (non-hydrogen) atoms. The molecule has 0 fully saturated rings. The molecule has 5 heteroatoms. The van der Waals surface area contributed by atoms with E-state index >= 15 is 0 Å². The molecular weight excluding hydrogens is 350 g/mol. The van der Waals surface area contributed by atoms with Crippen LogP contribution in [0.1, 0.15) is 36.6 Å². The molecule has 3 aliphatic rings. The van der Waals surface area contributed by atoms with E-state index in [1.807, 2.05) is 23.1 Å². The van der Waals surface area contributed by atoms with Crippen LogP contribution in [0.3, 0.4) is 0 Å². The van der Waals surface area contributed by atoms with Crippen molar-refractivity contribution in [3.05, 3.63) is 71.3 Å². The van der Waals surface area contributed by atoms with Crippen LogP contribution in [0.5, 0.6) is 0 Å². The summed E-state index contributed by atoms with van der Waals surface area (Å²) in [6, 6.07) is 20.3. The van der Waals surface area contributed by atoms with Crippen LogP contribution < -0.4 is 0 Å². The lowest BCUT2D eigenvalue weighted by atomic mass is 10.1. The average molecular weight is 375 g/mol. The van der Waals surface area contributed by atoms with E-state index in [9.17, 15) is 0 Å². The van der Waals surface area contributed by atoms with E-state index in [0.29, 0.717) is 31.1 Å². The third kappa shape index (κ3) is 3.05. The molecule has 2 aliphatic heterocycles. The zero-order chi connectivity index (χ0) is 19.1. The van der Waals surface area contributed by atoms with Crippen molar-refractivity contribution in [2.45, 2.75) is 45.0 Å². The molecule has 0 saturated heterocycles. The van der Waals surface area contributed by atoms with Gasteiger partial charge in [-0.05, 0) is 22.6 Å². The van der Waals surface area contributed by atoms with Crippen molar-refractivity contribution < 1.29 is 9.47 Å². The van der Waals surface area contributed by atoms with Gasteiger partial charge in [-0.25, -0.2) is 14.9 Å². The standard InChI is InChI=1S/C23H25N3O2/c1-15(2)19-14-27-22(24-19)26(13-16-8-4-3-5-9-16)23-25-21-18-11-7-6-10-17(18)12-20(21)28-23/h3-11,15,19-21H,12-14H2,1-2H3/t19-,20-,21+/m0/s1. The van der Waals surface area contributed by atoms with Gasteiger partial charge in [-0.3, -0.25) is 0 Å². The Morgan fingerprint density at radius 2 is 1.79 bits per heavy atom. The van der Waals surface area contributed by atoms with Crippen molar-refractivity contribution in [1.82, 2.24) is 4.90 Å². The average Bonchev–Trinajstić information content (AvgIpc) is 3.41. The smallest absolute Gasteiger partial charge is 0.297 e. The van der Waals surface area contributed by atoms with Gasteiger partial charge in [-0.1, -0.05) is 68.4 Å². The predicted molar refractivity (Wildman–Crippen MR) is 109 cm³/mol. The summed E-state index contributed by atoms with van der Waals surface area (Å²) in [6.07, 6.45) is 0.961. The highest BCUT2D eigenvalue weighted by atomic mass is 16.5. The Hall–Kier alpha value is -2.82. The number of aliphatic imine (C=N–C) groups is 2. The fourth-order valence-corrected chi connectivity index (χ4v) is 4.06. The Bertz CT molecular complexity index is 922. The summed E-state index contributed by atoms with van der Waals surface area (Å²) in [7, 11) is 0. The molecule has 1 aliphatic carbocycles. The fourth-order valence-electron chi connectivity index (χ4n) is 4.06. The van der Waals surface area contributed by atoms with Gasteiger partial charge >= 0.3 is 0 Å². The molecule has 0 spiro atoms. The number of ether oxygens (including phenoxy) is 2. The van der Waals surface area contributed by atoms with Gasteiger partial charge in [-0.2, -0.15) is 0 Å². The first-order valence-corrected chi connectivity index (χ1v) is 10.0. The summed E-state index contributed by atoms with van der Waals surface area (Å²) in [5.74, 6) is 0.439. The molecule has 144 valence electrons. The van der Waals surface area contributed by atoms with E-state index in [-0.39, 0.29) is 18.2 Å². The zero-order valence-electron chi connectivity index (χ0n) is 16.3. The van der Waals surface area contributed by atoms with Crippen LogP contribution >= 0.6 is 0 Å². The second kappa shape index (κ2) is 6.97. The third-order valence-electron chi connectivity index (χ3n) is 5.73. The number of hydrogen-bond donors (Lipinski definition) is 0. The first kappa shape index (κ1) is 17.3. The maximum absolute atomic E-state index is 6.33. The molecule has 0 amide bonds. The molecule has 5 rings (SSSR count). The van der Waals surface area contributed by atoms with Crippen molar-refractivity contribution in [3.63, 3.8) is 0 Å². The van der Waals surface area contributed by atoms with E-state index in [1.165, 1.54) is 16.7 Å². The largest absolute Gasteiger partial charge is 0.463 e. The highest BCUT2D eigenvalue weighted by molar-refractivity contribution is 5.94. The molecule has 2 heterocycles. The van der Waals surface area contributed by atoms with Gasteiger partial charge in [0.05, 0.1) is 12.6 Å². The van der Waals surface area contributed by atoms with Crippen LogP contribution in [0.25, 0.3) is 0 Å². The van der Waals surface area contributed by atoms with E-state index in [2.05, 4.69) is 50.2 Å². The molecule has 3 atom stereocenters. The van der Waals surface area contributed by atoms with Crippen molar-refractivity contribution >= 4 is 12.0 Å². The molecule has 5 nitrogen and oxygen atoms in total. The molecule has 0 saturated carbocycles. The highest BCUT2D eigenvalue weighted by Gasteiger charge is 2.42. The highest BCUT2D eigenvalue weighted by Crippen LogP contribution is 2.40. The van der Waals surface area contributed by atoms with Gasteiger partial charge in [0.2, 0.25) is 0 Å². The number of rotatable bonds is 3. The monoisotopic (exact) mass is 375 g/mol. The second-order valence-corrected chi connectivity index (χ2v) is 8.02. The van der Waals surface area contributed by atoms with E-state index in [1.54, 1.807) is 0 Å². The molecule has 2 aromatic rings. The minimum atomic E-state index is 0.0624. The van der Waals surface area contributed by atoms with Gasteiger partial charge in [0.1, 0.15) is 18.8 Å². The fraction of sp³-hybridized carbons (Fsp3) is 0.391. The number of hydrogen-bond acceptors (Lipinski definition) is 5. The molecule has 0 N–H and O–H groups in total. The number of benzene rings is 2. The number of amidine groups is 2. The molecule has 2 aromatic carbocycles. The van der Waals surface area contributed by atoms with Crippen LogP contribution in [0.15, 0.2) is 64.6 Å². The first-order valence-electron chi connectivity index (χ1n) is 10.0. The topological polar surface area (TPSA) is 46.4 Å². The van der Waals surface area contributed by atoms with Crippen molar-refractivity contribution in [3.8, 4) is 0 Å². The van der Waals surface area contributed by atoms with Gasteiger partial charge in [0.15, 0.2) is 0 Å². The predicted octanol–water partition coefficient (Wildman–Crippen LogP) is 3.95. The molecule has 0 radical (unpaired) electrons. The second-order valence-electron chi connectivity index (χ2n) is 8.02. The lowest BCUT2D eigenvalue weighted by Gasteiger charge is -2.23. The van der Waals surface area contributed by atoms with Crippen molar-refractivity contribution in [1.29, 1.82) is 0 Å². The maximum Gasteiger partial charge on any atom is 0.297 e. The van der Waals surface area contributed by atoms with Gasteiger partial charge < -0.3 is 9.47 Å². The molecule has 0 aromatic heterocycles. The minimum absolute atomic E-state index is 0.0624. The SMILES string of the molecule is CC(C)[C@@H]1COC(N(Cc2ccccc2)C2=N[C@@H]3c4ccccc4C[C@@H]3O2)=N1. The summed E-state index contributed by atoms with van der Waals surface area (Å²) in [4.78, 5) is 11.8. The molecule has 0 unspecified atom stereocenters. The summed E-state index contributed by atoms with van der Waals surface area (Å²) in [6.45, 7) is 5.59. The number of nitrogens with zero attached hydrogens (tertiary/aromatic N) is 3. The van der Waals surface area contributed by atoms with Gasteiger partial charge in [0, 0.05) is 6.42 Å². The molecule has 0 bridgehead atoms. The van der Waals surface area contributed by atoms with Crippen LogP contribution in [0.4, 0.5) is 0 Å². The minimum Gasteiger partial charge on any atom is -0.463 e. The lowest BCUT2D eigenvalue weighted by Crippen LogP contribution is -2.37. The summed E-state index contributed by atoms with van der Waals surface area (Å²) >= 11 is 0. The van der Waals surface area contributed by atoms with E-state index in [4.69, 9.17) is 19.5 Å². The van der Waals surface area contributed by atoms with Crippen molar-refractivity contribution in [2.75, 3.05) is 6.61 Å². The Labute approximate surface area is 165 Å². The lowest BCUT2D eigenvalue weighted by molar-refractivity contribution is 0.174. The normalized spacial score (nSPS) is 24.9. The van der Waals surface area contributed by atoms with E-state index in [0.717, 1.165) is 6.42 Å². The molecular formula is C23H25N3O2. The quantitative estimate of drug-likeness (QED) is 0.816. The van der Waals surface area contributed by atoms with Crippen LogP contribution in [0.2, 0.25) is 0 Å². The van der Waals surface area contributed by atoms with E-state index < -0.39 is 0 Å². The Morgan fingerprint density at radius 1 is 1.00 bits per heavy atom. The first-order chi connectivity index (χ1) is 13.7. The van der Waals surface area contributed by atoms with Gasteiger partial charge in [0.25, 0.3) is 12.0 Å². The van der Waals surface area contributed by atoms with Crippen LogP contribution in [-0.4, -0.2) is 35.7 Å². The van der Waals surface area contributed by atoms with Crippen LogP contribution in [-0.2, 0) is 22.4 Å². The number of fused-ring (bicyclic) bond motifs is 3. The maximum atomic E-state index is 6.33. The van der Waals surface area contributed by atoms with Gasteiger partial charge in [-0.15, -0.1) is 0 Å². The summed E-state index contributed by atoms with van der Waals surface area (Å²) < 4.78 is 12.3. The van der Waals surface area contributed by atoms with Crippen LogP contribution in [0, 0.1) is 5.92 Å². The Balaban J connectivity index is 1.47. The Morgan fingerprint density at radius 3 is 2.57 bits per heavy atom. The summed E-state index contributed by atoms with van der Waals surface area (Å²) in [5, 5.41) is 0. The van der Waals surface area contributed by atoms with Crippen molar-refractivity contribution in [2.24, 2.45) is 15.9 Å². The third-order valence-corrected chi connectivity index (χ3v) is 5.73. The summed E-state index contributed by atoms with van der Waals surface area (Å²) in [5.41, 5.74) is 3.78.